The van der Waals surface area contributed by atoms with Crippen molar-refractivity contribution in [1.29, 1.82) is 0 Å². The summed E-state index contributed by atoms with van der Waals surface area (Å²) in [5.41, 5.74) is 2.45. The van der Waals surface area contributed by atoms with Gasteiger partial charge in [-0.2, -0.15) is 4.31 Å². The topological polar surface area (TPSA) is 86.8 Å². The number of carbonyl (C=O) groups excluding carboxylic acids is 2. The first-order valence-corrected chi connectivity index (χ1v) is 13.7. The standard InChI is InChI=1S/C27H30ClN3O4S/c1-30(36(2,34)35)20-26(32)31(19-22-13-7-4-8-14-22)25(17-21-11-5-3-6-12-21)27(33)29-18-23-15-9-10-16-24(23)28/h3-16,25H,17-20H2,1-2H3,(H,29,33)/t25-/m0/s1. The van der Waals surface area contributed by atoms with Gasteiger partial charge in [0.1, 0.15) is 6.04 Å². The van der Waals surface area contributed by atoms with E-state index in [-0.39, 0.29) is 32.0 Å². The fourth-order valence-corrected chi connectivity index (χ4v) is 4.22. The van der Waals surface area contributed by atoms with Gasteiger partial charge in [0, 0.05) is 31.6 Å². The second-order valence-corrected chi connectivity index (χ2v) is 11.0. The Hall–Kier alpha value is -3.20. The summed E-state index contributed by atoms with van der Waals surface area (Å²) < 4.78 is 25.0. The molecular weight excluding hydrogens is 498 g/mol. The average molecular weight is 528 g/mol. The van der Waals surface area contributed by atoms with Crippen LogP contribution in [0, 0.1) is 0 Å². The number of sulfonamides is 1. The first kappa shape index (κ1) is 27.4. The van der Waals surface area contributed by atoms with Crippen molar-refractivity contribution in [3.63, 3.8) is 0 Å². The molecule has 0 saturated carbocycles. The number of rotatable bonds is 11. The molecule has 2 amide bonds. The fourth-order valence-electron chi connectivity index (χ4n) is 3.67. The van der Waals surface area contributed by atoms with Gasteiger partial charge in [-0.05, 0) is 22.8 Å². The smallest absolute Gasteiger partial charge is 0.243 e. The third kappa shape index (κ3) is 7.91. The molecule has 0 radical (unpaired) electrons. The van der Waals surface area contributed by atoms with Gasteiger partial charge in [-0.25, -0.2) is 8.42 Å². The van der Waals surface area contributed by atoms with Gasteiger partial charge < -0.3 is 10.2 Å². The van der Waals surface area contributed by atoms with E-state index in [0.717, 1.165) is 27.3 Å². The van der Waals surface area contributed by atoms with Crippen LogP contribution in [-0.4, -0.2) is 55.3 Å². The van der Waals surface area contributed by atoms with Gasteiger partial charge in [-0.3, -0.25) is 9.59 Å². The zero-order chi connectivity index (χ0) is 26.1. The van der Waals surface area contributed by atoms with Crippen molar-refractivity contribution in [3.8, 4) is 0 Å². The van der Waals surface area contributed by atoms with Crippen LogP contribution in [-0.2, 0) is 39.1 Å². The molecule has 7 nitrogen and oxygen atoms in total. The molecule has 1 N–H and O–H groups in total. The van der Waals surface area contributed by atoms with E-state index in [4.69, 9.17) is 11.6 Å². The minimum Gasteiger partial charge on any atom is -0.350 e. The summed E-state index contributed by atoms with van der Waals surface area (Å²) in [5.74, 6) is -0.828. The lowest BCUT2D eigenvalue weighted by atomic mass is 10.0. The normalized spacial score (nSPS) is 12.2. The molecule has 0 spiro atoms. The molecule has 0 aliphatic heterocycles. The van der Waals surface area contributed by atoms with Gasteiger partial charge >= 0.3 is 0 Å². The van der Waals surface area contributed by atoms with Gasteiger partial charge in [-0.15, -0.1) is 0 Å². The van der Waals surface area contributed by atoms with Crippen LogP contribution in [0.3, 0.4) is 0 Å². The van der Waals surface area contributed by atoms with Crippen molar-refractivity contribution in [2.75, 3.05) is 19.8 Å². The Labute approximate surface area is 217 Å². The largest absolute Gasteiger partial charge is 0.350 e. The van der Waals surface area contributed by atoms with Crippen molar-refractivity contribution in [1.82, 2.24) is 14.5 Å². The number of amides is 2. The van der Waals surface area contributed by atoms with E-state index in [2.05, 4.69) is 5.32 Å². The Morgan fingerprint density at radius 2 is 1.44 bits per heavy atom. The quantitative estimate of drug-likeness (QED) is 0.413. The van der Waals surface area contributed by atoms with Gasteiger partial charge in [0.2, 0.25) is 21.8 Å². The molecule has 36 heavy (non-hydrogen) atoms. The summed E-state index contributed by atoms with van der Waals surface area (Å²) in [6.45, 7) is -0.0382. The van der Waals surface area contributed by atoms with Crippen molar-refractivity contribution in [2.45, 2.75) is 25.6 Å². The van der Waals surface area contributed by atoms with E-state index in [1.165, 1.54) is 11.9 Å². The molecule has 0 aromatic heterocycles. The SMILES string of the molecule is CN(CC(=O)N(Cc1ccccc1)[C@@H](Cc1ccccc1)C(=O)NCc1ccccc1Cl)S(C)(=O)=O. The summed E-state index contributed by atoms with van der Waals surface area (Å²) in [6.07, 6.45) is 1.30. The minimum absolute atomic E-state index is 0.147. The molecule has 0 aliphatic rings. The van der Waals surface area contributed by atoms with E-state index >= 15 is 0 Å². The summed E-state index contributed by atoms with van der Waals surface area (Å²) in [6, 6.07) is 25.0. The van der Waals surface area contributed by atoms with Crippen LogP contribution in [0.1, 0.15) is 16.7 Å². The van der Waals surface area contributed by atoms with Crippen LogP contribution in [0.4, 0.5) is 0 Å². The number of likely N-dealkylation sites (N-methyl/N-ethyl adjacent to an activating group) is 1. The lowest BCUT2D eigenvalue weighted by Crippen LogP contribution is -2.52. The zero-order valence-electron chi connectivity index (χ0n) is 20.3. The predicted molar refractivity (Wildman–Crippen MR) is 142 cm³/mol. The van der Waals surface area contributed by atoms with Crippen LogP contribution >= 0.6 is 11.6 Å². The van der Waals surface area contributed by atoms with E-state index in [1.54, 1.807) is 6.07 Å². The monoisotopic (exact) mass is 527 g/mol. The van der Waals surface area contributed by atoms with E-state index in [0.29, 0.717) is 5.02 Å². The molecule has 0 bridgehead atoms. The number of nitrogens with zero attached hydrogens (tertiary/aromatic N) is 2. The number of halogens is 1. The van der Waals surface area contributed by atoms with E-state index in [1.807, 2.05) is 78.9 Å². The van der Waals surface area contributed by atoms with Crippen LogP contribution in [0.2, 0.25) is 5.02 Å². The number of benzene rings is 3. The second-order valence-electron chi connectivity index (χ2n) is 8.54. The third-order valence-electron chi connectivity index (χ3n) is 5.80. The molecule has 0 heterocycles. The van der Waals surface area contributed by atoms with Crippen LogP contribution < -0.4 is 5.32 Å². The maximum atomic E-state index is 13.6. The Balaban J connectivity index is 1.94. The van der Waals surface area contributed by atoms with Crippen LogP contribution in [0.15, 0.2) is 84.9 Å². The first-order chi connectivity index (χ1) is 17.1. The number of nitrogens with one attached hydrogen (secondary N) is 1. The fraction of sp³-hybridized carbons (Fsp3) is 0.259. The summed E-state index contributed by atoms with van der Waals surface area (Å²) in [7, 11) is -2.24. The molecule has 9 heteroatoms. The van der Waals surface area contributed by atoms with Crippen molar-refractivity contribution in [3.05, 3.63) is 107 Å². The number of carbonyl (C=O) groups is 2. The van der Waals surface area contributed by atoms with Crippen molar-refractivity contribution < 1.29 is 18.0 Å². The van der Waals surface area contributed by atoms with Crippen molar-refractivity contribution in [2.24, 2.45) is 0 Å². The first-order valence-electron chi connectivity index (χ1n) is 11.4. The molecule has 190 valence electrons. The predicted octanol–water partition coefficient (Wildman–Crippen LogP) is 3.49. The highest BCUT2D eigenvalue weighted by molar-refractivity contribution is 7.88. The lowest BCUT2D eigenvalue weighted by Gasteiger charge is -2.32. The Morgan fingerprint density at radius 1 is 0.889 bits per heavy atom. The maximum absolute atomic E-state index is 13.6. The molecule has 3 aromatic rings. The van der Waals surface area contributed by atoms with Crippen molar-refractivity contribution >= 4 is 33.4 Å². The summed E-state index contributed by atoms with van der Waals surface area (Å²) >= 11 is 6.26. The van der Waals surface area contributed by atoms with Gasteiger partial charge in [0.25, 0.3) is 0 Å². The summed E-state index contributed by atoms with van der Waals surface area (Å²) in [4.78, 5) is 28.5. The second kappa shape index (κ2) is 12.7. The zero-order valence-corrected chi connectivity index (χ0v) is 21.9. The Kier molecular flexibility index (Phi) is 9.64. The Morgan fingerprint density at radius 3 is 2.03 bits per heavy atom. The van der Waals surface area contributed by atoms with Crippen LogP contribution in [0.25, 0.3) is 0 Å². The summed E-state index contributed by atoms with van der Waals surface area (Å²) in [5, 5.41) is 3.45. The molecule has 1 atom stereocenters. The van der Waals surface area contributed by atoms with Gasteiger partial charge in [-0.1, -0.05) is 90.5 Å². The Bertz CT molecular complexity index is 1270. The van der Waals surface area contributed by atoms with Gasteiger partial charge in [0.05, 0.1) is 12.8 Å². The van der Waals surface area contributed by atoms with Gasteiger partial charge in [0.15, 0.2) is 0 Å². The third-order valence-corrected chi connectivity index (χ3v) is 7.43. The molecule has 0 aliphatic carbocycles. The van der Waals surface area contributed by atoms with Crippen LogP contribution in [0.5, 0.6) is 0 Å². The lowest BCUT2D eigenvalue weighted by molar-refractivity contribution is -0.141. The molecule has 0 fully saturated rings. The molecule has 0 unspecified atom stereocenters. The highest BCUT2D eigenvalue weighted by atomic mass is 35.5. The number of hydrogen-bond acceptors (Lipinski definition) is 4. The highest BCUT2D eigenvalue weighted by Gasteiger charge is 2.31. The maximum Gasteiger partial charge on any atom is 0.243 e. The van der Waals surface area contributed by atoms with E-state index in [9.17, 15) is 18.0 Å². The number of hydrogen-bond donors (Lipinski definition) is 1. The van der Waals surface area contributed by atoms with E-state index < -0.39 is 22.0 Å². The molecule has 3 rings (SSSR count). The minimum atomic E-state index is -3.59. The molecule has 0 saturated heterocycles. The average Bonchev–Trinajstić information content (AvgIpc) is 2.86. The molecular formula is C27H30ClN3O4S. The molecule has 3 aromatic carbocycles. The highest BCUT2D eigenvalue weighted by Crippen LogP contribution is 2.17.